The summed E-state index contributed by atoms with van der Waals surface area (Å²) in [7, 11) is 0. The Balaban J connectivity index is 2.27. The number of amides is 1. The Hall–Kier alpha value is -1.65. The number of carbonyl (C=O) groups is 1. The van der Waals surface area contributed by atoms with Gasteiger partial charge in [0.2, 0.25) is 5.91 Å². The van der Waals surface area contributed by atoms with Gasteiger partial charge in [0, 0.05) is 24.8 Å². The Morgan fingerprint density at radius 1 is 1.50 bits per heavy atom. The van der Waals surface area contributed by atoms with E-state index in [1.807, 2.05) is 24.8 Å². The number of anilines is 1. The number of aromatic nitrogens is 2. The summed E-state index contributed by atoms with van der Waals surface area (Å²) in [5.74, 6) is 0.894. The second-order valence-corrected chi connectivity index (χ2v) is 4.03. The zero-order chi connectivity index (χ0) is 11.5. The Morgan fingerprint density at radius 3 is 3.06 bits per heavy atom. The average molecular weight is 220 g/mol. The van der Waals surface area contributed by atoms with Crippen LogP contribution in [0.2, 0.25) is 0 Å². The van der Waals surface area contributed by atoms with Gasteiger partial charge in [0.15, 0.2) is 0 Å². The molecule has 1 aliphatic rings. The smallest absolute Gasteiger partial charge is 0.242 e. The summed E-state index contributed by atoms with van der Waals surface area (Å²) in [6.07, 6.45) is 2.49. The summed E-state index contributed by atoms with van der Waals surface area (Å²) in [6.45, 7) is 5.41. The van der Waals surface area contributed by atoms with Crippen molar-refractivity contribution in [3.05, 3.63) is 18.1 Å². The van der Waals surface area contributed by atoms with Crippen LogP contribution >= 0.6 is 0 Å². The molecule has 86 valence electrons. The summed E-state index contributed by atoms with van der Waals surface area (Å²) in [4.78, 5) is 22.0. The predicted octanol–water partition coefficient (Wildman–Crippen LogP) is 0.500. The number of carbonyl (C=O) groups excluding carboxylic acids is 1. The third-order valence-corrected chi connectivity index (χ3v) is 2.81. The van der Waals surface area contributed by atoms with E-state index in [4.69, 9.17) is 0 Å². The van der Waals surface area contributed by atoms with E-state index >= 15 is 0 Å². The van der Waals surface area contributed by atoms with Crippen molar-refractivity contribution < 1.29 is 4.79 Å². The Kier molecular flexibility index (Phi) is 3.03. The first kappa shape index (κ1) is 10.9. The van der Waals surface area contributed by atoms with Crippen LogP contribution in [0.15, 0.2) is 12.4 Å². The SMILES string of the molecule is Cc1cc(N2CCCNC(=O)C2C)ncn1. The molecule has 0 saturated carbocycles. The second-order valence-electron chi connectivity index (χ2n) is 4.03. The lowest BCUT2D eigenvalue weighted by Gasteiger charge is -2.26. The summed E-state index contributed by atoms with van der Waals surface area (Å²) < 4.78 is 0. The molecule has 0 aromatic carbocycles. The first-order chi connectivity index (χ1) is 7.68. The second kappa shape index (κ2) is 4.47. The van der Waals surface area contributed by atoms with Crippen LogP contribution in [0.1, 0.15) is 19.0 Å². The van der Waals surface area contributed by atoms with Gasteiger partial charge in [0.05, 0.1) is 0 Å². The molecule has 16 heavy (non-hydrogen) atoms. The van der Waals surface area contributed by atoms with Crippen molar-refractivity contribution in [1.82, 2.24) is 15.3 Å². The van der Waals surface area contributed by atoms with Crippen molar-refractivity contribution in [2.45, 2.75) is 26.3 Å². The van der Waals surface area contributed by atoms with E-state index in [0.29, 0.717) is 0 Å². The maximum atomic E-state index is 11.7. The lowest BCUT2D eigenvalue weighted by atomic mass is 10.2. The van der Waals surface area contributed by atoms with Gasteiger partial charge >= 0.3 is 0 Å². The minimum atomic E-state index is -0.170. The van der Waals surface area contributed by atoms with Crippen molar-refractivity contribution in [1.29, 1.82) is 0 Å². The normalized spacial score (nSPS) is 21.5. The molecule has 1 saturated heterocycles. The fourth-order valence-corrected chi connectivity index (χ4v) is 1.85. The van der Waals surface area contributed by atoms with Gasteiger partial charge in [-0.25, -0.2) is 9.97 Å². The molecular weight excluding hydrogens is 204 g/mol. The number of nitrogens with one attached hydrogen (secondary N) is 1. The summed E-state index contributed by atoms with van der Waals surface area (Å²) in [5.41, 5.74) is 0.918. The standard InChI is InChI=1S/C11H16N4O/c1-8-6-10(14-7-13-8)15-5-3-4-12-11(16)9(15)2/h6-7,9H,3-5H2,1-2H3,(H,12,16). The van der Waals surface area contributed by atoms with E-state index in [0.717, 1.165) is 31.0 Å². The van der Waals surface area contributed by atoms with E-state index < -0.39 is 0 Å². The number of hydrogen-bond acceptors (Lipinski definition) is 4. The van der Waals surface area contributed by atoms with Crippen molar-refractivity contribution in [2.75, 3.05) is 18.0 Å². The predicted molar refractivity (Wildman–Crippen MR) is 61.2 cm³/mol. The lowest BCUT2D eigenvalue weighted by Crippen LogP contribution is -2.42. The topological polar surface area (TPSA) is 58.1 Å². The van der Waals surface area contributed by atoms with Gasteiger partial charge in [0.1, 0.15) is 18.2 Å². The minimum Gasteiger partial charge on any atom is -0.354 e. The number of aryl methyl sites for hydroxylation is 1. The summed E-state index contributed by atoms with van der Waals surface area (Å²) >= 11 is 0. The molecule has 2 heterocycles. The Labute approximate surface area is 94.9 Å². The van der Waals surface area contributed by atoms with Crippen LogP contribution in [0.3, 0.4) is 0 Å². The molecule has 1 unspecified atom stereocenters. The molecule has 1 fully saturated rings. The third kappa shape index (κ3) is 2.13. The van der Waals surface area contributed by atoms with Crippen LogP contribution in [-0.2, 0) is 4.79 Å². The van der Waals surface area contributed by atoms with Gasteiger partial charge in [-0.1, -0.05) is 0 Å². The van der Waals surface area contributed by atoms with Gasteiger partial charge in [-0.2, -0.15) is 0 Å². The zero-order valence-corrected chi connectivity index (χ0v) is 9.60. The molecule has 1 N–H and O–H groups in total. The first-order valence-electron chi connectivity index (χ1n) is 5.51. The maximum Gasteiger partial charge on any atom is 0.242 e. The lowest BCUT2D eigenvalue weighted by molar-refractivity contribution is -0.121. The maximum absolute atomic E-state index is 11.7. The van der Waals surface area contributed by atoms with Crippen molar-refractivity contribution >= 4 is 11.7 Å². The zero-order valence-electron chi connectivity index (χ0n) is 9.60. The fourth-order valence-electron chi connectivity index (χ4n) is 1.85. The molecule has 0 aliphatic carbocycles. The molecule has 1 aliphatic heterocycles. The highest BCUT2D eigenvalue weighted by Crippen LogP contribution is 2.16. The molecule has 5 nitrogen and oxygen atoms in total. The van der Waals surface area contributed by atoms with Crippen LogP contribution in [0, 0.1) is 6.92 Å². The van der Waals surface area contributed by atoms with Crippen LogP contribution in [0.4, 0.5) is 5.82 Å². The highest BCUT2D eigenvalue weighted by atomic mass is 16.2. The molecular formula is C11H16N4O. The van der Waals surface area contributed by atoms with Gasteiger partial charge in [-0.3, -0.25) is 4.79 Å². The molecule has 2 rings (SSSR count). The Morgan fingerprint density at radius 2 is 2.31 bits per heavy atom. The van der Waals surface area contributed by atoms with Crippen LogP contribution in [-0.4, -0.2) is 35.0 Å². The Bertz CT molecular complexity index is 393. The monoisotopic (exact) mass is 220 g/mol. The third-order valence-electron chi connectivity index (χ3n) is 2.81. The van der Waals surface area contributed by atoms with Gasteiger partial charge in [0.25, 0.3) is 0 Å². The van der Waals surface area contributed by atoms with Crippen LogP contribution < -0.4 is 10.2 Å². The van der Waals surface area contributed by atoms with E-state index in [-0.39, 0.29) is 11.9 Å². The van der Waals surface area contributed by atoms with Crippen LogP contribution in [0.5, 0.6) is 0 Å². The molecule has 1 aromatic heterocycles. The van der Waals surface area contributed by atoms with Crippen molar-refractivity contribution in [3.63, 3.8) is 0 Å². The molecule has 0 bridgehead atoms. The highest BCUT2D eigenvalue weighted by Gasteiger charge is 2.24. The van der Waals surface area contributed by atoms with E-state index in [1.165, 1.54) is 0 Å². The highest BCUT2D eigenvalue weighted by molar-refractivity contribution is 5.84. The van der Waals surface area contributed by atoms with E-state index in [1.54, 1.807) is 6.33 Å². The van der Waals surface area contributed by atoms with Crippen LogP contribution in [0.25, 0.3) is 0 Å². The molecule has 1 atom stereocenters. The molecule has 5 heteroatoms. The largest absolute Gasteiger partial charge is 0.354 e. The quantitative estimate of drug-likeness (QED) is 0.748. The molecule has 1 amide bonds. The summed E-state index contributed by atoms with van der Waals surface area (Å²) in [6, 6.07) is 1.74. The van der Waals surface area contributed by atoms with Gasteiger partial charge < -0.3 is 10.2 Å². The number of nitrogens with zero attached hydrogens (tertiary/aromatic N) is 3. The average Bonchev–Trinajstić information content (AvgIpc) is 2.42. The van der Waals surface area contributed by atoms with Gasteiger partial charge in [-0.05, 0) is 20.3 Å². The summed E-state index contributed by atoms with van der Waals surface area (Å²) in [5, 5.41) is 2.88. The van der Waals surface area contributed by atoms with Crippen molar-refractivity contribution in [2.24, 2.45) is 0 Å². The number of rotatable bonds is 1. The molecule has 0 spiro atoms. The van der Waals surface area contributed by atoms with Gasteiger partial charge in [-0.15, -0.1) is 0 Å². The van der Waals surface area contributed by atoms with Crippen molar-refractivity contribution in [3.8, 4) is 0 Å². The van der Waals surface area contributed by atoms with E-state index in [9.17, 15) is 4.79 Å². The molecule has 1 aromatic rings. The number of hydrogen-bond donors (Lipinski definition) is 1. The molecule has 0 radical (unpaired) electrons. The fraction of sp³-hybridized carbons (Fsp3) is 0.545. The minimum absolute atomic E-state index is 0.0637. The van der Waals surface area contributed by atoms with E-state index in [2.05, 4.69) is 15.3 Å². The first-order valence-corrected chi connectivity index (χ1v) is 5.51.